The highest BCUT2D eigenvalue weighted by molar-refractivity contribution is 5.74. The summed E-state index contributed by atoms with van der Waals surface area (Å²) in [6.45, 7) is 0.503. The summed E-state index contributed by atoms with van der Waals surface area (Å²) in [5.41, 5.74) is 1.50. The van der Waals surface area contributed by atoms with Crippen LogP contribution in [0.2, 0.25) is 0 Å². The van der Waals surface area contributed by atoms with Gasteiger partial charge in [0, 0.05) is 24.6 Å². The van der Waals surface area contributed by atoms with E-state index in [1.165, 1.54) is 37.8 Å². The van der Waals surface area contributed by atoms with Gasteiger partial charge in [-0.3, -0.25) is 0 Å². The highest BCUT2D eigenvalue weighted by Crippen LogP contribution is 2.44. The van der Waals surface area contributed by atoms with Crippen molar-refractivity contribution in [3.05, 3.63) is 42.0 Å². The number of rotatable bonds is 7. The first-order valence-electron chi connectivity index (χ1n) is 8.94. The summed E-state index contributed by atoms with van der Waals surface area (Å²) in [5.74, 6) is 1.54. The summed E-state index contributed by atoms with van der Waals surface area (Å²) in [4.78, 5) is 16.4. The van der Waals surface area contributed by atoms with Crippen molar-refractivity contribution >= 4 is 6.03 Å². The average molecular weight is 343 g/mol. The molecule has 2 saturated carbocycles. The summed E-state index contributed by atoms with van der Waals surface area (Å²) in [5, 5.41) is 6.04. The minimum atomic E-state index is -0.290. The highest BCUT2D eigenvalue weighted by atomic mass is 19.1. The first-order valence-corrected chi connectivity index (χ1v) is 8.94. The van der Waals surface area contributed by atoms with Crippen molar-refractivity contribution in [1.29, 1.82) is 0 Å². The van der Waals surface area contributed by atoms with Gasteiger partial charge in [0.2, 0.25) is 5.89 Å². The van der Waals surface area contributed by atoms with Gasteiger partial charge in [-0.2, -0.15) is 0 Å². The van der Waals surface area contributed by atoms with E-state index >= 15 is 0 Å². The first kappa shape index (κ1) is 16.1. The Labute approximate surface area is 146 Å². The van der Waals surface area contributed by atoms with Crippen LogP contribution in [0.3, 0.4) is 0 Å². The van der Waals surface area contributed by atoms with Gasteiger partial charge in [0.05, 0.1) is 5.69 Å². The summed E-state index contributed by atoms with van der Waals surface area (Å²) in [6.07, 6.45) is 7.14. The molecule has 0 aliphatic heterocycles. The number of amides is 2. The molecule has 0 unspecified atom stereocenters. The largest absolute Gasteiger partial charge is 0.444 e. The predicted molar refractivity (Wildman–Crippen MR) is 91.4 cm³/mol. The van der Waals surface area contributed by atoms with Gasteiger partial charge in [-0.15, -0.1) is 0 Å². The molecule has 4 rings (SSSR count). The lowest BCUT2D eigenvalue weighted by Crippen LogP contribution is -2.44. The molecule has 1 heterocycles. The molecule has 6 heteroatoms. The average Bonchev–Trinajstić information content (AvgIpc) is 3.53. The van der Waals surface area contributed by atoms with E-state index in [0.717, 1.165) is 11.3 Å². The number of oxazole rings is 1. The van der Waals surface area contributed by atoms with Crippen molar-refractivity contribution in [1.82, 2.24) is 15.6 Å². The van der Waals surface area contributed by atoms with Crippen molar-refractivity contribution < 1.29 is 13.6 Å². The van der Waals surface area contributed by atoms with Crippen LogP contribution < -0.4 is 10.6 Å². The van der Waals surface area contributed by atoms with Crippen LogP contribution in [0, 0.1) is 17.7 Å². The van der Waals surface area contributed by atoms with Crippen LogP contribution in [0.4, 0.5) is 9.18 Å². The van der Waals surface area contributed by atoms with Crippen molar-refractivity contribution in [3.8, 4) is 11.5 Å². The number of hydrogen-bond donors (Lipinski definition) is 2. The molecule has 1 aromatic carbocycles. The Kier molecular flexibility index (Phi) is 4.42. The van der Waals surface area contributed by atoms with Crippen molar-refractivity contribution in [2.24, 2.45) is 11.8 Å². The molecular formula is C19H22FN3O2. The molecule has 0 saturated heterocycles. The number of urea groups is 1. The monoisotopic (exact) mass is 343 g/mol. The number of nitrogens with zero attached hydrogens (tertiary/aromatic N) is 1. The fraction of sp³-hybridized carbons (Fsp3) is 0.474. The van der Waals surface area contributed by atoms with Gasteiger partial charge < -0.3 is 15.1 Å². The van der Waals surface area contributed by atoms with Crippen molar-refractivity contribution in [2.45, 2.75) is 38.1 Å². The molecule has 2 amide bonds. The number of carbonyl (C=O) groups excluding carboxylic acids is 1. The molecule has 5 nitrogen and oxygen atoms in total. The molecule has 0 spiro atoms. The number of hydrogen-bond acceptors (Lipinski definition) is 3. The van der Waals surface area contributed by atoms with Crippen LogP contribution in [0.1, 0.15) is 31.4 Å². The molecular weight excluding hydrogens is 321 g/mol. The summed E-state index contributed by atoms with van der Waals surface area (Å²) in [7, 11) is 0. The lowest BCUT2D eigenvalue weighted by Gasteiger charge is -2.17. The van der Waals surface area contributed by atoms with Crippen LogP contribution in [0.15, 0.2) is 34.9 Å². The summed E-state index contributed by atoms with van der Waals surface area (Å²) >= 11 is 0. The van der Waals surface area contributed by atoms with E-state index in [4.69, 9.17) is 4.42 Å². The molecule has 2 aliphatic carbocycles. The predicted octanol–water partition coefficient (Wildman–Crippen LogP) is 3.51. The minimum Gasteiger partial charge on any atom is -0.444 e. The third-order valence-electron chi connectivity index (χ3n) is 4.87. The van der Waals surface area contributed by atoms with E-state index in [9.17, 15) is 9.18 Å². The fourth-order valence-electron chi connectivity index (χ4n) is 3.18. The number of aromatic nitrogens is 1. The Bertz CT molecular complexity index is 723. The second-order valence-corrected chi connectivity index (χ2v) is 7.00. The normalized spacial score (nSPS) is 16.9. The molecule has 1 aromatic heterocycles. The van der Waals surface area contributed by atoms with E-state index in [2.05, 4.69) is 15.6 Å². The standard InChI is InChI=1S/C19H22FN3O2/c20-15-7-5-14(6-8-15)18-22-16(11-25-18)9-10-21-19(24)23-17(12-1-2-12)13-3-4-13/h5-8,11-13,17H,1-4,9-10H2,(H2,21,23,24). The third-order valence-corrected chi connectivity index (χ3v) is 4.87. The van der Waals surface area contributed by atoms with Gasteiger partial charge >= 0.3 is 6.03 Å². The second kappa shape index (κ2) is 6.86. The zero-order valence-electron chi connectivity index (χ0n) is 14.0. The van der Waals surface area contributed by atoms with Crippen LogP contribution in [-0.2, 0) is 6.42 Å². The maximum atomic E-state index is 13.0. The van der Waals surface area contributed by atoms with Gasteiger partial charge in [-0.05, 0) is 61.8 Å². The lowest BCUT2D eigenvalue weighted by molar-refractivity contribution is 0.233. The van der Waals surface area contributed by atoms with Crippen molar-refractivity contribution in [3.63, 3.8) is 0 Å². The Morgan fingerprint density at radius 1 is 1.20 bits per heavy atom. The van der Waals surface area contributed by atoms with Crippen LogP contribution in [0.5, 0.6) is 0 Å². The molecule has 132 valence electrons. The third kappa shape index (κ3) is 4.18. The summed E-state index contributed by atoms with van der Waals surface area (Å²) in [6, 6.07) is 6.28. The van der Waals surface area contributed by atoms with Gasteiger partial charge in [0.15, 0.2) is 0 Å². The number of nitrogens with one attached hydrogen (secondary N) is 2. The quantitative estimate of drug-likeness (QED) is 0.808. The Hall–Kier alpha value is -2.37. The topological polar surface area (TPSA) is 67.2 Å². The molecule has 2 aromatic rings. The molecule has 0 bridgehead atoms. The van der Waals surface area contributed by atoms with E-state index < -0.39 is 0 Å². The maximum Gasteiger partial charge on any atom is 0.315 e. The Morgan fingerprint density at radius 2 is 1.88 bits per heavy atom. The molecule has 25 heavy (non-hydrogen) atoms. The molecule has 2 fully saturated rings. The smallest absolute Gasteiger partial charge is 0.315 e. The van der Waals surface area contributed by atoms with Gasteiger partial charge in [0.25, 0.3) is 0 Å². The lowest BCUT2D eigenvalue weighted by atomic mass is 10.1. The van der Waals surface area contributed by atoms with Gasteiger partial charge in [0.1, 0.15) is 12.1 Å². The maximum absolute atomic E-state index is 13.0. The SMILES string of the molecule is O=C(NCCc1coc(-c2ccc(F)cc2)n1)NC(C1CC1)C1CC1. The molecule has 0 atom stereocenters. The van der Waals surface area contributed by atoms with E-state index in [0.29, 0.717) is 36.7 Å². The Balaban J connectivity index is 1.24. The van der Waals surface area contributed by atoms with E-state index in [-0.39, 0.29) is 11.8 Å². The fourth-order valence-corrected chi connectivity index (χ4v) is 3.18. The first-order chi connectivity index (χ1) is 12.2. The molecule has 2 aliphatic rings. The summed E-state index contributed by atoms with van der Waals surface area (Å²) < 4.78 is 18.4. The van der Waals surface area contributed by atoms with E-state index in [1.54, 1.807) is 18.4 Å². The number of halogens is 1. The molecule has 2 N–H and O–H groups in total. The number of benzene rings is 1. The number of carbonyl (C=O) groups is 1. The van der Waals surface area contributed by atoms with Crippen LogP contribution in [-0.4, -0.2) is 23.6 Å². The highest BCUT2D eigenvalue weighted by Gasteiger charge is 2.42. The van der Waals surface area contributed by atoms with Gasteiger partial charge in [-0.1, -0.05) is 0 Å². The van der Waals surface area contributed by atoms with E-state index in [1.807, 2.05) is 0 Å². The second-order valence-electron chi connectivity index (χ2n) is 7.00. The minimum absolute atomic E-state index is 0.0916. The Morgan fingerprint density at radius 3 is 2.52 bits per heavy atom. The van der Waals surface area contributed by atoms with Crippen LogP contribution >= 0.6 is 0 Å². The van der Waals surface area contributed by atoms with Crippen LogP contribution in [0.25, 0.3) is 11.5 Å². The molecule has 0 radical (unpaired) electrons. The van der Waals surface area contributed by atoms with Gasteiger partial charge in [-0.25, -0.2) is 14.2 Å². The zero-order chi connectivity index (χ0) is 17.2. The zero-order valence-corrected chi connectivity index (χ0v) is 14.0. The van der Waals surface area contributed by atoms with Crippen molar-refractivity contribution in [2.75, 3.05) is 6.54 Å².